The second-order valence-electron chi connectivity index (χ2n) is 6.14. The molecule has 0 bridgehead atoms. The molecule has 0 aliphatic heterocycles. The van der Waals surface area contributed by atoms with Crippen LogP contribution in [-0.4, -0.2) is 30.3 Å². The van der Waals surface area contributed by atoms with E-state index in [1.54, 1.807) is 32.9 Å². The van der Waals surface area contributed by atoms with E-state index in [-0.39, 0.29) is 46.7 Å². The van der Waals surface area contributed by atoms with Crippen LogP contribution < -0.4 is 20.8 Å². The molecular weight excluding hydrogens is 376 g/mol. The van der Waals surface area contributed by atoms with Crippen molar-refractivity contribution in [3.8, 4) is 34.8 Å². The summed E-state index contributed by atoms with van der Waals surface area (Å²) in [5.74, 6) is -0.131. The van der Waals surface area contributed by atoms with E-state index in [0.717, 1.165) is 0 Å². The number of pyridine rings is 1. The van der Waals surface area contributed by atoms with Crippen LogP contribution in [0, 0.1) is 22.7 Å². The fourth-order valence-electron chi connectivity index (χ4n) is 2.62. The third kappa shape index (κ3) is 4.85. The highest BCUT2D eigenvalue weighted by atomic mass is 16.6. The molecule has 2 rings (SSSR count). The molecule has 150 valence electrons. The van der Waals surface area contributed by atoms with E-state index in [1.165, 1.54) is 12.1 Å². The van der Waals surface area contributed by atoms with Crippen LogP contribution >= 0.6 is 0 Å². The highest BCUT2D eigenvalue weighted by Crippen LogP contribution is 2.35. The number of anilines is 1. The van der Waals surface area contributed by atoms with Gasteiger partial charge in [0.1, 0.15) is 29.1 Å². The molecule has 1 aromatic heterocycles. The molecule has 0 atom stereocenters. The fourth-order valence-corrected chi connectivity index (χ4v) is 2.62. The molecule has 1 heterocycles. The number of nitriles is 2. The van der Waals surface area contributed by atoms with Crippen molar-refractivity contribution in [2.45, 2.75) is 26.9 Å². The van der Waals surface area contributed by atoms with Crippen LogP contribution in [0.3, 0.4) is 0 Å². The third-order valence-electron chi connectivity index (χ3n) is 3.71. The number of nitrogens with zero attached hydrogens (tertiary/aromatic N) is 2. The first-order valence-corrected chi connectivity index (χ1v) is 8.77. The number of aromatic amines is 1. The smallest absolute Gasteiger partial charge is 0.344 e. The van der Waals surface area contributed by atoms with Gasteiger partial charge in [0.05, 0.1) is 12.7 Å². The molecule has 0 spiro atoms. The number of carbonyl (C=O) groups excluding carboxylic acids is 1. The van der Waals surface area contributed by atoms with Gasteiger partial charge >= 0.3 is 5.97 Å². The van der Waals surface area contributed by atoms with E-state index in [0.29, 0.717) is 12.2 Å². The summed E-state index contributed by atoms with van der Waals surface area (Å²) in [6, 6.07) is 8.29. The molecule has 0 unspecified atom stereocenters. The van der Waals surface area contributed by atoms with Gasteiger partial charge in [-0.25, -0.2) is 4.79 Å². The number of rotatable bonds is 7. The molecular formula is C20H20N4O5. The Balaban J connectivity index is 2.51. The van der Waals surface area contributed by atoms with Crippen LogP contribution in [0.25, 0.3) is 11.1 Å². The molecule has 29 heavy (non-hydrogen) atoms. The quantitative estimate of drug-likeness (QED) is 0.675. The van der Waals surface area contributed by atoms with Crippen LogP contribution in [0.1, 0.15) is 31.9 Å². The van der Waals surface area contributed by atoms with Crippen molar-refractivity contribution < 1.29 is 19.0 Å². The molecule has 3 N–H and O–H groups in total. The largest absolute Gasteiger partial charge is 0.490 e. The van der Waals surface area contributed by atoms with Crippen molar-refractivity contribution in [2.24, 2.45) is 0 Å². The first-order valence-electron chi connectivity index (χ1n) is 8.77. The van der Waals surface area contributed by atoms with Crippen LogP contribution in [0.5, 0.6) is 11.5 Å². The lowest BCUT2D eigenvalue weighted by molar-refractivity contribution is -0.149. The number of benzene rings is 1. The minimum atomic E-state index is -0.700. The molecule has 2 aromatic rings. The normalized spacial score (nSPS) is 10.1. The average molecular weight is 396 g/mol. The first-order chi connectivity index (χ1) is 13.8. The van der Waals surface area contributed by atoms with Crippen molar-refractivity contribution in [1.29, 1.82) is 10.5 Å². The first kappa shape index (κ1) is 21.3. The number of carbonyl (C=O) groups is 1. The van der Waals surface area contributed by atoms with Gasteiger partial charge in [0.2, 0.25) is 0 Å². The number of aromatic nitrogens is 1. The Morgan fingerprint density at radius 2 is 1.86 bits per heavy atom. The van der Waals surface area contributed by atoms with Crippen molar-refractivity contribution in [1.82, 2.24) is 4.98 Å². The van der Waals surface area contributed by atoms with Gasteiger partial charge in [0, 0.05) is 5.56 Å². The summed E-state index contributed by atoms with van der Waals surface area (Å²) in [7, 11) is 0. The van der Waals surface area contributed by atoms with E-state index in [4.69, 9.17) is 19.9 Å². The zero-order chi connectivity index (χ0) is 21.6. The van der Waals surface area contributed by atoms with E-state index in [1.807, 2.05) is 6.07 Å². The maximum Gasteiger partial charge on any atom is 0.344 e. The highest BCUT2D eigenvalue weighted by Gasteiger charge is 2.20. The Bertz CT molecular complexity index is 1060. The van der Waals surface area contributed by atoms with Crippen molar-refractivity contribution >= 4 is 11.8 Å². The fraction of sp³-hybridized carbons (Fsp3) is 0.300. The number of nitrogens with two attached hydrogens (primary N) is 1. The summed E-state index contributed by atoms with van der Waals surface area (Å²) >= 11 is 0. The molecule has 0 radical (unpaired) electrons. The molecule has 0 saturated heterocycles. The number of hydrogen-bond acceptors (Lipinski definition) is 8. The van der Waals surface area contributed by atoms with Crippen LogP contribution in [0.2, 0.25) is 0 Å². The minimum Gasteiger partial charge on any atom is -0.490 e. The van der Waals surface area contributed by atoms with Gasteiger partial charge in [-0.1, -0.05) is 6.07 Å². The summed E-state index contributed by atoms with van der Waals surface area (Å²) in [6.45, 7) is 5.19. The van der Waals surface area contributed by atoms with Gasteiger partial charge in [-0.05, 0) is 38.5 Å². The average Bonchev–Trinajstić information content (AvgIpc) is 2.66. The van der Waals surface area contributed by atoms with Crippen LogP contribution in [-0.2, 0) is 9.53 Å². The lowest BCUT2D eigenvalue weighted by Crippen LogP contribution is -2.19. The minimum absolute atomic E-state index is 0.0298. The number of nitrogens with one attached hydrogen (secondary N) is 1. The maximum atomic E-state index is 12.1. The molecule has 0 saturated carbocycles. The van der Waals surface area contributed by atoms with E-state index < -0.39 is 11.5 Å². The molecule has 0 amide bonds. The molecule has 0 fully saturated rings. The Morgan fingerprint density at radius 3 is 2.45 bits per heavy atom. The maximum absolute atomic E-state index is 12.1. The topological polar surface area (TPSA) is 151 Å². The summed E-state index contributed by atoms with van der Waals surface area (Å²) in [5, 5.41) is 18.8. The molecule has 9 nitrogen and oxygen atoms in total. The lowest BCUT2D eigenvalue weighted by Gasteiger charge is -2.15. The van der Waals surface area contributed by atoms with E-state index >= 15 is 0 Å². The Kier molecular flexibility index (Phi) is 6.83. The predicted octanol–water partition coefficient (Wildman–Crippen LogP) is 2.10. The molecule has 1 aromatic carbocycles. The van der Waals surface area contributed by atoms with E-state index in [9.17, 15) is 20.1 Å². The number of esters is 1. The van der Waals surface area contributed by atoms with Gasteiger partial charge in [0.25, 0.3) is 5.56 Å². The van der Waals surface area contributed by atoms with Crippen LogP contribution in [0.4, 0.5) is 5.82 Å². The van der Waals surface area contributed by atoms with E-state index in [2.05, 4.69) is 4.98 Å². The SMILES string of the molecule is CCOc1cc(-c2c(C#N)c(N)[nH]c(=O)c2C#N)ccc1OCC(=O)OC(C)C. The number of hydrogen-bond donors (Lipinski definition) is 2. The van der Waals surface area contributed by atoms with Gasteiger partial charge < -0.3 is 24.9 Å². The zero-order valence-electron chi connectivity index (χ0n) is 16.2. The summed E-state index contributed by atoms with van der Waals surface area (Å²) < 4.78 is 16.1. The summed E-state index contributed by atoms with van der Waals surface area (Å²) in [5.41, 5.74) is 5.24. The van der Waals surface area contributed by atoms with Crippen molar-refractivity contribution in [3.05, 3.63) is 39.7 Å². The number of H-pyrrole nitrogens is 1. The summed E-state index contributed by atoms with van der Waals surface area (Å²) in [4.78, 5) is 26.1. The van der Waals surface area contributed by atoms with Gasteiger partial charge in [-0.2, -0.15) is 10.5 Å². The lowest BCUT2D eigenvalue weighted by atomic mass is 9.96. The molecule has 0 aliphatic carbocycles. The number of nitrogen functional groups attached to an aromatic ring is 1. The Morgan fingerprint density at radius 1 is 1.17 bits per heavy atom. The second-order valence-corrected chi connectivity index (χ2v) is 6.14. The second kappa shape index (κ2) is 9.29. The standard InChI is InChI=1S/C20H20N4O5/c1-4-27-16-7-12(5-6-15(16)28-10-17(25)29-11(2)3)18-13(8-21)19(23)24-20(26)14(18)9-22/h5-7,11H,4,10H2,1-3H3,(H3,23,24,26). The third-order valence-corrected chi connectivity index (χ3v) is 3.71. The van der Waals surface area contributed by atoms with Gasteiger partial charge in [-0.3, -0.25) is 4.79 Å². The monoisotopic (exact) mass is 396 g/mol. The Labute approximate surface area is 167 Å². The predicted molar refractivity (Wildman–Crippen MR) is 104 cm³/mol. The zero-order valence-corrected chi connectivity index (χ0v) is 16.2. The number of ether oxygens (including phenoxy) is 3. The summed E-state index contributed by atoms with van der Waals surface area (Å²) in [6.07, 6.45) is -0.268. The highest BCUT2D eigenvalue weighted by molar-refractivity contribution is 5.81. The van der Waals surface area contributed by atoms with Gasteiger partial charge in [0.15, 0.2) is 18.1 Å². The van der Waals surface area contributed by atoms with Crippen molar-refractivity contribution in [2.75, 3.05) is 18.9 Å². The van der Waals surface area contributed by atoms with Crippen molar-refractivity contribution in [3.63, 3.8) is 0 Å². The Hall–Kier alpha value is -3.98. The van der Waals surface area contributed by atoms with Crippen LogP contribution in [0.15, 0.2) is 23.0 Å². The molecule has 0 aliphatic rings. The molecule has 9 heteroatoms. The van der Waals surface area contributed by atoms with Gasteiger partial charge in [-0.15, -0.1) is 0 Å².